The summed E-state index contributed by atoms with van der Waals surface area (Å²) in [5.41, 5.74) is 3.82. The summed E-state index contributed by atoms with van der Waals surface area (Å²) < 4.78 is 35.1. The maximum atomic E-state index is 13.4. The summed E-state index contributed by atoms with van der Waals surface area (Å²) in [7, 11) is 1.24. The molecule has 2 N–H and O–H groups in total. The largest absolute Gasteiger partial charge is 0.376 e. The number of anilines is 2. The van der Waals surface area contributed by atoms with Gasteiger partial charge >= 0.3 is 0 Å². The molecular formula is C43H47N5O6S2. The van der Waals surface area contributed by atoms with Gasteiger partial charge in [-0.25, -0.2) is 13.1 Å². The van der Waals surface area contributed by atoms with Crippen molar-refractivity contribution in [2.75, 3.05) is 56.8 Å². The number of benzene rings is 5. The van der Waals surface area contributed by atoms with E-state index in [4.69, 9.17) is 4.74 Å². The molecule has 56 heavy (non-hydrogen) atoms. The fourth-order valence-electron chi connectivity index (χ4n) is 7.02. The molecule has 1 heterocycles. The number of rotatable bonds is 16. The number of methoxy groups -OCH3 is 1. The van der Waals surface area contributed by atoms with Crippen LogP contribution in [0.3, 0.4) is 0 Å². The van der Waals surface area contributed by atoms with Crippen molar-refractivity contribution in [3.05, 3.63) is 149 Å². The van der Waals surface area contributed by atoms with E-state index in [2.05, 4.69) is 39.2 Å². The van der Waals surface area contributed by atoms with Gasteiger partial charge in [0, 0.05) is 54.2 Å². The average molecular weight is 794 g/mol. The maximum Gasteiger partial charge on any atom is 0.293 e. The second-order valence-electron chi connectivity index (χ2n) is 14.1. The van der Waals surface area contributed by atoms with Crippen LogP contribution in [0.25, 0.3) is 11.1 Å². The Bertz CT molecular complexity index is 2210. The van der Waals surface area contributed by atoms with Gasteiger partial charge in [0.1, 0.15) is 5.69 Å². The van der Waals surface area contributed by atoms with E-state index < -0.39 is 32.1 Å². The fourth-order valence-corrected chi connectivity index (χ4v) is 9.01. The number of ether oxygens (including phenoxy) is 1. The number of carbonyl (C=O) groups excluding carboxylic acids is 1. The minimum Gasteiger partial charge on any atom is -0.376 e. The molecule has 1 aliphatic heterocycles. The number of nitrogens with zero attached hydrogens (tertiary/aromatic N) is 3. The van der Waals surface area contributed by atoms with Gasteiger partial charge in [0.2, 0.25) is 0 Å². The first-order chi connectivity index (χ1) is 27.0. The first-order valence-electron chi connectivity index (χ1n) is 18.5. The first kappa shape index (κ1) is 40.5. The molecule has 0 radical (unpaired) electrons. The van der Waals surface area contributed by atoms with Crippen molar-refractivity contribution in [2.45, 2.75) is 40.7 Å². The number of piperidine rings is 1. The topological polar surface area (TPSA) is 134 Å². The van der Waals surface area contributed by atoms with Gasteiger partial charge in [-0.15, -0.1) is 11.8 Å². The van der Waals surface area contributed by atoms with Crippen molar-refractivity contribution >= 4 is 44.8 Å². The molecule has 13 heteroatoms. The molecular weight excluding hydrogens is 747 g/mol. The highest BCUT2D eigenvalue weighted by Gasteiger charge is 2.38. The number of amides is 1. The van der Waals surface area contributed by atoms with Crippen LogP contribution in [0.1, 0.15) is 35.2 Å². The number of thioether (sulfide) groups is 1. The lowest BCUT2D eigenvalue weighted by Crippen LogP contribution is -2.44. The van der Waals surface area contributed by atoms with Gasteiger partial charge in [-0.05, 0) is 105 Å². The summed E-state index contributed by atoms with van der Waals surface area (Å²) in [5, 5.41) is 15.5. The number of nitro benzene ring substituents is 1. The van der Waals surface area contributed by atoms with Crippen LogP contribution in [0.5, 0.6) is 0 Å². The summed E-state index contributed by atoms with van der Waals surface area (Å²) >= 11 is 1.63. The SMILES string of the molecule is COC1(c2ccccc2-c2ccccc2)CCN(c2ccc(C(=O)NS(=O)(=O)c3ccc(NC(CCN(C)C)CSc4ccccc4)c([N+](=O)[O-])c3)cc2)CC1. The standard InChI is InChI=1S/C43H47N5O6S2/c1-46(2)27-24-34(31-55-36-14-8-5-9-15-36)44-40-23-22-37(30-41(40)48(50)51)56(52,53)45-42(49)33-18-20-35(21-19-33)47-28-25-43(54-3,26-29-47)39-17-11-10-16-38(39)32-12-6-4-7-13-32/h4-23,30,34,44H,24-29,31H2,1-3H3,(H,45,49). The lowest BCUT2D eigenvalue weighted by atomic mass is 9.80. The molecule has 5 aromatic rings. The number of nitrogens with one attached hydrogen (secondary N) is 2. The molecule has 1 amide bonds. The smallest absolute Gasteiger partial charge is 0.293 e. The average Bonchev–Trinajstić information content (AvgIpc) is 3.22. The molecule has 11 nitrogen and oxygen atoms in total. The number of carbonyl (C=O) groups is 1. The zero-order valence-electron chi connectivity index (χ0n) is 31.8. The van der Waals surface area contributed by atoms with Gasteiger partial charge in [-0.3, -0.25) is 14.9 Å². The summed E-state index contributed by atoms with van der Waals surface area (Å²) in [6, 6.07) is 38.8. The van der Waals surface area contributed by atoms with Gasteiger partial charge in [0.25, 0.3) is 21.6 Å². The number of hydrogen-bond donors (Lipinski definition) is 2. The lowest BCUT2D eigenvalue weighted by molar-refractivity contribution is -0.384. The lowest BCUT2D eigenvalue weighted by Gasteiger charge is -2.43. The molecule has 0 bridgehead atoms. The van der Waals surface area contributed by atoms with E-state index in [0.717, 1.165) is 52.7 Å². The third-order valence-electron chi connectivity index (χ3n) is 10.1. The normalized spacial score (nSPS) is 14.6. The quantitative estimate of drug-likeness (QED) is 0.0575. The Labute approximate surface area is 333 Å². The van der Waals surface area contributed by atoms with E-state index in [-0.39, 0.29) is 22.2 Å². The van der Waals surface area contributed by atoms with Crippen LogP contribution in [0, 0.1) is 10.1 Å². The highest BCUT2D eigenvalue weighted by Crippen LogP contribution is 2.42. The third kappa shape index (κ3) is 9.77. The molecule has 0 spiro atoms. The first-order valence-corrected chi connectivity index (χ1v) is 20.9. The monoisotopic (exact) mass is 793 g/mol. The minimum absolute atomic E-state index is 0.143. The van der Waals surface area contributed by atoms with Crippen LogP contribution in [0.2, 0.25) is 0 Å². The fraction of sp³-hybridized carbons (Fsp3) is 0.279. The molecule has 0 aliphatic carbocycles. The molecule has 1 atom stereocenters. The Kier molecular flexibility index (Phi) is 13.1. The van der Waals surface area contributed by atoms with Crippen LogP contribution in [-0.2, 0) is 20.4 Å². The second kappa shape index (κ2) is 18.2. The third-order valence-corrected chi connectivity index (χ3v) is 12.6. The zero-order chi connectivity index (χ0) is 39.7. The van der Waals surface area contributed by atoms with E-state index in [9.17, 15) is 23.3 Å². The summed E-state index contributed by atoms with van der Waals surface area (Å²) in [6.45, 7) is 2.17. The van der Waals surface area contributed by atoms with Crippen LogP contribution in [0.4, 0.5) is 17.1 Å². The van der Waals surface area contributed by atoms with Crippen LogP contribution in [-0.4, -0.2) is 76.8 Å². The van der Waals surface area contributed by atoms with Crippen molar-refractivity contribution in [2.24, 2.45) is 0 Å². The molecule has 0 aromatic heterocycles. The highest BCUT2D eigenvalue weighted by molar-refractivity contribution is 7.99. The van der Waals surface area contributed by atoms with Crippen LogP contribution < -0.4 is 14.9 Å². The molecule has 1 aliphatic rings. The van der Waals surface area contributed by atoms with Gasteiger partial charge in [0.05, 0.1) is 15.4 Å². The zero-order valence-corrected chi connectivity index (χ0v) is 33.4. The van der Waals surface area contributed by atoms with Crippen molar-refractivity contribution in [1.29, 1.82) is 0 Å². The maximum absolute atomic E-state index is 13.4. The molecule has 1 fully saturated rings. The Morgan fingerprint density at radius 2 is 1.55 bits per heavy atom. The summed E-state index contributed by atoms with van der Waals surface area (Å²) in [6.07, 6.45) is 2.20. The number of nitro groups is 1. The molecule has 5 aromatic carbocycles. The van der Waals surface area contributed by atoms with E-state index in [1.54, 1.807) is 43.1 Å². The number of hydrogen-bond acceptors (Lipinski definition) is 10. The predicted octanol–water partition coefficient (Wildman–Crippen LogP) is 8.05. The Morgan fingerprint density at radius 1 is 0.911 bits per heavy atom. The van der Waals surface area contributed by atoms with Crippen molar-refractivity contribution < 1.29 is 22.9 Å². The molecule has 1 saturated heterocycles. The predicted molar refractivity (Wildman–Crippen MR) is 224 cm³/mol. The van der Waals surface area contributed by atoms with Crippen molar-refractivity contribution in [3.63, 3.8) is 0 Å². The van der Waals surface area contributed by atoms with E-state index in [1.165, 1.54) is 12.1 Å². The summed E-state index contributed by atoms with van der Waals surface area (Å²) in [4.78, 5) is 29.8. The minimum atomic E-state index is -4.44. The van der Waals surface area contributed by atoms with Crippen molar-refractivity contribution in [1.82, 2.24) is 9.62 Å². The molecule has 292 valence electrons. The van der Waals surface area contributed by atoms with Gasteiger partial charge in [0.15, 0.2) is 0 Å². The Morgan fingerprint density at radius 3 is 2.20 bits per heavy atom. The van der Waals surface area contributed by atoms with E-state index in [0.29, 0.717) is 25.3 Å². The van der Waals surface area contributed by atoms with Crippen LogP contribution in [0.15, 0.2) is 137 Å². The Balaban J connectivity index is 1.11. The molecule has 1 unspecified atom stereocenters. The molecule has 6 rings (SSSR count). The highest BCUT2D eigenvalue weighted by atomic mass is 32.2. The van der Waals surface area contributed by atoms with Crippen molar-refractivity contribution in [3.8, 4) is 11.1 Å². The van der Waals surface area contributed by atoms with Gasteiger partial charge in [-0.1, -0.05) is 72.8 Å². The van der Waals surface area contributed by atoms with Crippen LogP contribution >= 0.6 is 11.8 Å². The number of sulfonamides is 1. The molecule has 0 saturated carbocycles. The van der Waals surface area contributed by atoms with E-state index >= 15 is 0 Å². The second-order valence-corrected chi connectivity index (χ2v) is 16.8. The van der Waals surface area contributed by atoms with E-state index in [1.807, 2.05) is 79.7 Å². The Hall–Kier alpha value is -5.21. The summed E-state index contributed by atoms with van der Waals surface area (Å²) in [5.74, 6) is -0.198. The van der Waals surface area contributed by atoms with Gasteiger partial charge < -0.3 is 19.9 Å². The van der Waals surface area contributed by atoms with Gasteiger partial charge in [-0.2, -0.15) is 0 Å².